The molecule has 0 saturated carbocycles. The molecule has 33 heavy (non-hydrogen) atoms. The van der Waals surface area contributed by atoms with Crippen molar-refractivity contribution in [3.05, 3.63) is 113 Å². The lowest BCUT2D eigenvalue weighted by molar-refractivity contribution is -0.122. The summed E-state index contributed by atoms with van der Waals surface area (Å²) in [7, 11) is 0. The van der Waals surface area contributed by atoms with E-state index < -0.39 is 11.9 Å². The van der Waals surface area contributed by atoms with E-state index in [-0.39, 0.29) is 12.5 Å². The molecule has 0 saturated heterocycles. The van der Waals surface area contributed by atoms with Crippen molar-refractivity contribution in [3.8, 4) is 10.4 Å². The first-order valence-corrected chi connectivity index (χ1v) is 11.6. The van der Waals surface area contributed by atoms with Gasteiger partial charge in [0.05, 0.1) is 9.88 Å². The van der Waals surface area contributed by atoms with Crippen LogP contribution in [-0.2, 0) is 17.8 Å². The minimum atomic E-state index is -0.814. The van der Waals surface area contributed by atoms with E-state index in [1.165, 1.54) is 11.3 Å². The Kier molecular flexibility index (Phi) is 6.95. The van der Waals surface area contributed by atoms with Crippen molar-refractivity contribution >= 4 is 23.2 Å². The fourth-order valence-electron chi connectivity index (χ4n) is 3.80. The molecular weight excluding hydrogens is 430 g/mol. The zero-order valence-corrected chi connectivity index (χ0v) is 19.2. The van der Waals surface area contributed by atoms with Gasteiger partial charge in [-0.1, -0.05) is 91.0 Å². The molecule has 2 N–H and O–H groups in total. The van der Waals surface area contributed by atoms with Crippen molar-refractivity contribution in [2.75, 3.05) is 0 Å². The van der Waals surface area contributed by atoms with E-state index in [1.54, 1.807) is 4.90 Å². The first-order valence-electron chi connectivity index (χ1n) is 10.7. The summed E-state index contributed by atoms with van der Waals surface area (Å²) in [5.74, 6) is -0.849. The smallest absolute Gasteiger partial charge is 0.274 e. The van der Waals surface area contributed by atoms with Crippen molar-refractivity contribution < 1.29 is 9.59 Å². The maximum Gasteiger partial charge on any atom is 0.274 e. The Morgan fingerprint density at radius 3 is 2.00 bits per heavy atom. The van der Waals surface area contributed by atoms with Crippen LogP contribution < -0.4 is 5.73 Å². The molecule has 0 spiro atoms. The molecule has 5 nitrogen and oxygen atoms in total. The van der Waals surface area contributed by atoms with Gasteiger partial charge in [0.1, 0.15) is 11.7 Å². The summed E-state index contributed by atoms with van der Waals surface area (Å²) in [6.45, 7) is 2.13. The Hall–Kier alpha value is -3.77. The third-order valence-corrected chi connectivity index (χ3v) is 6.43. The van der Waals surface area contributed by atoms with Crippen LogP contribution in [0.2, 0.25) is 0 Å². The summed E-state index contributed by atoms with van der Waals surface area (Å²) in [6, 6.07) is 28.1. The number of nitrogens with two attached hydrogens (primary N) is 1. The highest BCUT2D eigenvalue weighted by Gasteiger charge is 2.32. The molecule has 4 aromatic rings. The lowest BCUT2D eigenvalue weighted by Gasteiger charge is -2.30. The number of carbonyl (C=O) groups excluding carboxylic acids is 2. The molecule has 166 valence electrons. The van der Waals surface area contributed by atoms with Gasteiger partial charge >= 0.3 is 0 Å². The Morgan fingerprint density at radius 2 is 1.42 bits per heavy atom. The number of hydrogen-bond donors (Lipinski definition) is 1. The van der Waals surface area contributed by atoms with Crippen LogP contribution in [-0.4, -0.2) is 27.7 Å². The minimum Gasteiger partial charge on any atom is -0.368 e. The normalized spacial score (nSPS) is 11.7. The fourth-order valence-corrected chi connectivity index (χ4v) is 4.71. The molecule has 0 fully saturated rings. The average Bonchev–Trinajstić information content (AvgIpc) is 3.24. The number of aromatic nitrogens is 1. The van der Waals surface area contributed by atoms with Crippen LogP contribution in [0.1, 0.15) is 26.6 Å². The second-order valence-electron chi connectivity index (χ2n) is 7.80. The Bertz CT molecular complexity index is 1220. The van der Waals surface area contributed by atoms with Gasteiger partial charge in [0.15, 0.2) is 0 Å². The molecular formula is C27H25N3O2S. The third kappa shape index (κ3) is 5.35. The van der Waals surface area contributed by atoms with Crippen LogP contribution in [0.5, 0.6) is 0 Å². The largest absolute Gasteiger partial charge is 0.368 e. The minimum absolute atomic E-state index is 0.255. The Balaban J connectivity index is 1.76. The van der Waals surface area contributed by atoms with Gasteiger partial charge in [-0.15, -0.1) is 11.3 Å². The monoisotopic (exact) mass is 455 g/mol. The molecule has 0 aliphatic heterocycles. The van der Waals surface area contributed by atoms with Gasteiger partial charge in [0, 0.05) is 13.0 Å². The number of nitrogens with zero attached hydrogens (tertiary/aromatic N) is 2. The van der Waals surface area contributed by atoms with Gasteiger partial charge in [-0.25, -0.2) is 4.98 Å². The van der Waals surface area contributed by atoms with Gasteiger partial charge in [0.2, 0.25) is 5.91 Å². The highest BCUT2D eigenvalue weighted by atomic mass is 32.1. The number of hydrogen-bond acceptors (Lipinski definition) is 4. The Morgan fingerprint density at radius 1 is 0.879 bits per heavy atom. The molecule has 0 aliphatic carbocycles. The van der Waals surface area contributed by atoms with Gasteiger partial charge in [-0.3, -0.25) is 9.59 Å². The second-order valence-corrected chi connectivity index (χ2v) is 9.01. The van der Waals surface area contributed by atoms with Crippen LogP contribution in [0, 0.1) is 6.92 Å². The number of carbonyl (C=O) groups is 2. The summed E-state index contributed by atoms with van der Waals surface area (Å²) in [6.07, 6.45) is 0.332. The van der Waals surface area contributed by atoms with Gasteiger partial charge in [-0.2, -0.15) is 0 Å². The molecule has 0 aliphatic rings. The van der Waals surface area contributed by atoms with Crippen LogP contribution in [0.4, 0.5) is 0 Å². The van der Waals surface area contributed by atoms with Crippen LogP contribution >= 0.6 is 11.3 Å². The number of benzene rings is 3. The number of amides is 2. The van der Waals surface area contributed by atoms with Crippen molar-refractivity contribution in [2.24, 2.45) is 5.73 Å². The van der Waals surface area contributed by atoms with Crippen molar-refractivity contribution in [1.82, 2.24) is 9.88 Å². The number of thiazole rings is 1. The maximum atomic E-state index is 14.0. The molecule has 4 rings (SSSR count). The standard InChI is InChI=1S/C27H25N3O2S/c1-19-29-24(25(33-19)22-15-9-4-10-16-22)27(32)30(18-21-13-7-3-8-14-21)23(26(28)31)17-20-11-5-2-6-12-20/h2-16,23H,17-18H2,1H3,(H2,28,31)/t23-/m1/s1. The van der Waals surface area contributed by atoms with E-state index in [9.17, 15) is 9.59 Å². The lowest BCUT2D eigenvalue weighted by atomic mass is 10.0. The maximum absolute atomic E-state index is 14.0. The highest BCUT2D eigenvalue weighted by molar-refractivity contribution is 7.15. The first kappa shape index (κ1) is 22.4. The predicted molar refractivity (Wildman–Crippen MR) is 132 cm³/mol. The average molecular weight is 456 g/mol. The second kappa shape index (κ2) is 10.2. The zero-order valence-electron chi connectivity index (χ0n) is 18.3. The van der Waals surface area contributed by atoms with E-state index in [0.29, 0.717) is 12.1 Å². The van der Waals surface area contributed by atoms with Gasteiger partial charge < -0.3 is 10.6 Å². The summed E-state index contributed by atoms with van der Waals surface area (Å²) < 4.78 is 0. The van der Waals surface area contributed by atoms with Crippen LogP contribution in [0.3, 0.4) is 0 Å². The quantitative estimate of drug-likeness (QED) is 0.412. The van der Waals surface area contributed by atoms with Gasteiger partial charge in [0.25, 0.3) is 5.91 Å². The molecule has 0 unspecified atom stereocenters. The molecule has 6 heteroatoms. The predicted octanol–water partition coefficient (Wildman–Crippen LogP) is 4.86. The van der Waals surface area contributed by atoms with E-state index in [0.717, 1.165) is 26.6 Å². The summed E-state index contributed by atoms with van der Waals surface area (Å²) in [5, 5.41) is 0.788. The van der Waals surface area contributed by atoms with Crippen molar-refractivity contribution in [3.63, 3.8) is 0 Å². The Labute approximate surface area is 197 Å². The van der Waals surface area contributed by atoms with E-state index >= 15 is 0 Å². The van der Waals surface area contributed by atoms with Crippen LogP contribution in [0.25, 0.3) is 10.4 Å². The summed E-state index contributed by atoms with van der Waals surface area (Å²) in [5.41, 5.74) is 8.98. The number of aryl methyl sites for hydroxylation is 1. The van der Waals surface area contributed by atoms with Crippen molar-refractivity contribution in [1.29, 1.82) is 0 Å². The molecule has 0 bridgehead atoms. The summed E-state index contributed by atoms with van der Waals surface area (Å²) in [4.78, 5) is 33.5. The first-order chi connectivity index (χ1) is 16.0. The summed E-state index contributed by atoms with van der Waals surface area (Å²) >= 11 is 1.47. The SMILES string of the molecule is Cc1nc(C(=O)N(Cc2ccccc2)[C@H](Cc2ccccc2)C(N)=O)c(-c2ccccc2)s1. The van der Waals surface area contributed by atoms with Crippen molar-refractivity contribution in [2.45, 2.75) is 25.9 Å². The molecule has 2 amide bonds. The number of primary amides is 1. The number of rotatable bonds is 8. The third-order valence-electron chi connectivity index (χ3n) is 5.41. The van der Waals surface area contributed by atoms with Crippen LogP contribution in [0.15, 0.2) is 91.0 Å². The molecule has 3 aromatic carbocycles. The topological polar surface area (TPSA) is 76.3 Å². The lowest BCUT2D eigenvalue weighted by Crippen LogP contribution is -2.49. The van der Waals surface area contributed by atoms with E-state index in [2.05, 4.69) is 4.98 Å². The molecule has 0 radical (unpaired) electrons. The molecule has 1 aromatic heterocycles. The molecule has 1 atom stereocenters. The zero-order chi connectivity index (χ0) is 23.2. The molecule has 1 heterocycles. The van der Waals surface area contributed by atoms with Gasteiger partial charge in [-0.05, 0) is 23.6 Å². The highest BCUT2D eigenvalue weighted by Crippen LogP contribution is 2.31. The fraction of sp³-hybridized carbons (Fsp3) is 0.148. The van der Waals surface area contributed by atoms with E-state index in [1.807, 2.05) is 97.9 Å². The van der Waals surface area contributed by atoms with E-state index in [4.69, 9.17) is 5.73 Å².